The summed E-state index contributed by atoms with van der Waals surface area (Å²) < 4.78 is 31.6. The summed E-state index contributed by atoms with van der Waals surface area (Å²) in [4.78, 5) is 0. The Morgan fingerprint density at radius 2 is 1.18 bits per heavy atom. The summed E-state index contributed by atoms with van der Waals surface area (Å²) in [7, 11) is -4.67. The summed E-state index contributed by atoms with van der Waals surface area (Å²) in [5, 5.41) is 10.1. The quantitative estimate of drug-likeness (QED) is 0.308. The third kappa shape index (κ3) is 1230. The van der Waals surface area contributed by atoms with Gasteiger partial charge in [0.25, 0.3) is 0 Å². The van der Waals surface area contributed by atoms with Gasteiger partial charge in [0, 0.05) is 0 Å². The van der Waals surface area contributed by atoms with E-state index >= 15 is 0 Å². The summed E-state index contributed by atoms with van der Waals surface area (Å²) in [5.74, 6) is 0. The van der Waals surface area contributed by atoms with Gasteiger partial charge in [0.2, 0.25) is 0 Å². The molecule has 0 bridgehead atoms. The number of hydrogen-bond donors (Lipinski definition) is 2. The molecule has 0 fully saturated rings. The van der Waals surface area contributed by atoms with Crippen molar-refractivity contribution < 1.29 is 52.2 Å². The van der Waals surface area contributed by atoms with Crippen molar-refractivity contribution in [1.82, 2.24) is 0 Å². The van der Waals surface area contributed by atoms with E-state index in [1.807, 2.05) is 0 Å². The minimum atomic E-state index is -4.67. The average molecular weight is 194 g/mol. The second-order valence-corrected chi connectivity index (χ2v) is 3.46. The first-order valence-electron chi connectivity index (χ1n) is 2.40. The van der Waals surface area contributed by atoms with Gasteiger partial charge in [-0.2, -0.15) is 8.42 Å². The third-order valence-electron chi connectivity index (χ3n) is 0. The molecule has 0 aliphatic rings. The van der Waals surface area contributed by atoms with Gasteiger partial charge in [0.1, 0.15) is 0 Å². The van der Waals surface area contributed by atoms with Crippen LogP contribution in [0.3, 0.4) is 0 Å². The maximum absolute atomic E-state index is 10.1. The first-order valence-corrected chi connectivity index (χ1v) is 3.80. The number of rotatable bonds is 0. The van der Waals surface area contributed by atoms with Crippen LogP contribution in [0.25, 0.3) is 0 Å². The molecule has 0 heterocycles. The van der Waals surface area contributed by atoms with Gasteiger partial charge in [-0.05, 0) is 0 Å². The maximum Gasteiger partial charge on any atom is 1.00 e. The van der Waals surface area contributed by atoms with E-state index in [9.17, 15) is 5.11 Å². The molecule has 64 valence electrons. The zero-order valence-corrected chi connectivity index (χ0v) is 9.84. The van der Waals surface area contributed by atoms with Crippen LogP contribution in [0.4, 0.5) is 0 Å². The van der Waals surface area contributed by atoms with Crippen molar-refractivity contribution in [2.75, 3.05) is 0 Å². The van der Waals surface area contributed by atoms with Gasteiger partial charge in [-0.1, -0.05) is 20.8 Å². The van der Waals surface area contributed by atoms with Crippen LogP contribution in [-0.2, 0) is 10.4 Å². The van der Waals surface area contributed by atoms with Gasteiger partial charge in [-0.15, -0.1) is 5.60 Å². The maximum atomic E-state index is 10.1. The predicted molar refractivity (Wildman–Crippen MR) is 33.9 cm³/mol. The molecule has 0 unspecified atom stereocenters. The van der Waals surface area contributed by atoms with Gasteiger partial charge in [-0.25, -0.2) is 0 Å². The molecule has 0 aliphatic heterocycles. The standard InChI is InChI=1S/C4H9O.Na.H2O4S/c1-4(2,3)5;;1-5(2,3)4/h1-3H3;;(H2,1,2,3,4)/q-1;+1;. The Balaban J connectivity index is -0.000000107. The van der Waals surface area contributed by atoms with Crippen molar-refractivity contribution in [3.05, 3.63) is 0 Å². The zero-order valence-electron chi connectivity index (χ0n) is 7.03. The van der Waals surface area contributed by atoms with Gasteiger partial charge in [-0.3, -0.25) is 9.11 Å². The summed E-state index contributed by atoms with van der Waals surface area (Å²) in [6.07, 6.45) is 0. The summed E-state index contributed by atoms with van der Waals surface area (Å²) in [5.41, 5.74) is -0.750. The second-order valence-electron chi connectivity index (χ2n) is 2.56. The Labute approximate surface area is 88.7 Å². The van der Waals surface area contributed by atoms with Gasteiger partial charge >= 0.3 is 40.0 Å². The van der Waals surface area contributed by atoms with E-state index < -0.39 is 16.0 Å². The molecule has 0 rings (SSSR count). The minimum Gasteiger partial charge on any atom is -0.850 e. The Kier molecular flexibility index (Phi) is 10.3. The van der Waals surface area contributed by atoms with Crippen LogP contribution in [0.5, 0.6) is 0 Å². The van der Waals surface area contributed by atoms with Crippen molar-refractivity contribution in [1.29, 1.82) is 0 Å². The largest absolute Gasteiger partial charge is 1.00 e. The van der Waals surface area contributed by atoms with E-state index in [4.69, 9.17) is 17.5 Å². The molecule has 0 aromatic heterocycles. The normalized spacial score (nSPS) is 10.7. The fourth-order valence-electron chi connectivity index (χ4n) is 0. The van der Waals surface area contributed by atoms with Crippen molar-refractivity contribution >= 4 is 10.4 Å². The van der Waals surface area contributed by atoms with E-state index in [0.717, 1.165) is 0 Å². The molecular weight excluding hydrogens is 183 g/mol. The molecule has 2 N–H and O–H groups in total. The molecule has 0 aromatic rings. The smallest absolute Gasteiger partial charge is 0.850 e. The molecule has 0 aliphatic carbocycles. The van der Waals surface area contributed by atoms with Crippen LogP contribution >= 0.6 is 0 Å². The molecule has 0 radical (unpaired) electrons. The minimum absolute atomic E-state index is 0. The Hall–Kier alpha value is 0.830. The fourth-order valence-corrected chi connectivity index (χ4v) is 0. The fraction of sp³-hybridized carbons (Fsp3) is 1.00. The van der Waals surface area contributed by atoms with Crippen LogP contribution in [0.1, 0.15) is 20.8 Å². The molecule has 5 nitrogen and oxygen atoms in total. The topological polar surface area (TPSA) is 97.7 Å². The van der Waals surface area contributed by atoms with E-state index in [1.165, 1.54) is 0 Å². The molecule has 7 heteroatoms. The van der Waals surface area contributed by atoms with Crippen molar-refractivity contribution in [2.45, 2.75) is 26.4 Å². The van der Waals surface area contributed by atoms with Crippen LogP contribution in [0.2, 0.25) is 0 Å². The van der Waals surface area contributed by atoms with Crippen molar-refractivity contribution in [2.24, 2.45) is 0 Å². The molecule has 0 spiro atoms. The molecule has 0 amide bonds. The second kappa shape index (κ2) is 6.36. The van der Waals surface area contributed by atoms with Crippen LogP contribution in [0.15, 0.2) is 0 Å². The first-order chi connectivity index (χ1) is 4.00. The molecule has 0 aromatic carbocycles. The molecule has 0 saturated heterocycles. The molecule has 0 saturated carbocycles. The Bertz CT molecular complexity index is 153. The molecule has 11 heavy (non-hydrogen) atoms. The van der Waals surface area contributed by atoms with Gasteiger partial charge < -0.3 is 5.11 Å². The van der Waals surface area contributed by atoms with Crippen LogP contribution in [-0.4, -0.2) is 23.1 Å². The van der Waals surface area contributed by atoms with E-state index in [0.29, 0.717) is 0 Å². The van der Waals surface area contributed by atoms with E-state index in [1.54, 1.807) is 20.8 Å². The predicted octanol–water partition coefficient (Wildman–Crippen LogP) is -3.50. The van der Waals surface area contributed by atoms with Crippen LogP contribution in [0, 0.1) is 0 Å². The van der Waals surface area contributed by atoms with E-state index in [2.05, 4.69) is 0 Å². The zero-order chi connectivity index (χ0) is 9.00. The van der Waals surface area contributed by atoms with Crippen molar-refractivity contribution in [3.8, 4) is 0 Å². The van der Waals surface area contributed by atoms with Gasteiger partial charge in [0.15, 0.2) is 0 Å². The van der Waals surface area contributed by atoms with Crippen molar-refractivity contribution in [3.63, 3.8) is 0 Å². The van der Waals surface area contributed by atoms with E-state index in [-0.39, 0.29) is 29.6 Å². The summed E-state index contributed by atoms with van der Waals surface area (Å²) in [6.45, 7) is 4.90. The van der Waals surface area contributed by atoms with Gasteiger partial charge in [0.05, 0.1) is 0 Å². The first kappa shape index (κ1) is 17.8. The summed E-state index contributed by atoms with van der Waals surface area (Å²) >= 11 is 0. The van der Waals surface area contributed by atoms with Crippen LogP contribution < -0.4 is 34.7 Å². The average Bonchev–Trinajstić information content (AvgIpc) is 1.12. The molecular formula is C4H11NaO5S. The SMILES string of the molecule is CC(C)(C)[O-].O=S(=O)(O)O.[Na+]. The Morgan fingerprint density at radius 3 is 1.18 bits per heavy atom. The third-order valence-corrected chi connectivity index (χ3v) is 0. The monoisotopic (exact) mass is 194 g/mol. The molecule has 0 atom stereocenters. The summed E-state index contributed by atoms with van der Waals surface area (Å²) in [6, 6.07) is 0. The number of hydrogen-bond acceptors (Lipinski definition) is 3. The Morgan fingerprint density at radius 1 is 1.18 bits per heavy atom.